The summed E-state index contributed by atoms with van der Waals surface area (Å²) < 4.78 is 11.8. The Labute approximate surface area is 226 Å². The number of alkyl halides is 2. The molecule has 0 heterocycles. The van der Waals surface area contributed by atoms with Crippen LogP contribution in [0.3, 0.4) is 0 Å². The van der Waals surface area contributed by atoms with Crippen LogP contribution in [0, 0.1) is 18.2 Å². The van der Waals surface area contributed by atoms with Gasteiger partial charge in [-0.15, -0.1) is 0 Å². The van der Waals surface area contributed by atoms with Crippen molar-refractivity contribution in [2.75, 3.05) is 17.2 Å². The Morgan fingerprint density at radius 3 is 2.29 bits per heavy atom. The van der Waals surface area contributed by atoms with Crippen molar-refractivity contribution in [3.05, 3.63) is 92.2 Å². The predicted molar refractivity (Wildman–Crippen MR) is 141 cm³/mol. The first-order valence-electron chi connectivity index (χ1n) is 10.4. The van der Waals surface area contributed by atoms with Crippen LogP contribution < -0.4 is 10.6 Å². The minimum Gasteiger partial charge on any atom is -0.384 e. The van der Waals surface area contributed by atoms with Crippen LogP contribution in [0.1, 0.15) is 27.4 Å². The lowest BCUT2D eigenvalue weighted by Gasteiger charge is -2.15. The molecule has 1 aliphatic rings. The zero-order chi connectivity index (χ0) is 25.5. The van der Waals surface area contributed by atoms with E-state index in [2.05, 4.69) is 10.6 Å². The molecular weight excluding hydrogens is 557 g/mol. The number of nitrogens with one attached hydrogen (secondary N) is 2. The average Bonchev–Trinajstić information content (AvgIpc) is 3.32. The quantitative estimate of drug-likeness (QED) is 0.223. The summed E-state index contributed by atoms with van der Waals surface area (Å²) in [7, 11) is 0. The van der Waals surface area contributed by atoms with Crippen LogP contribution >= 0.6 is 58.0 Å². The maximum Gasteiger partial charge on any atom is 0.257 e. The molecule has 1 aliphatic carbocycles. The Bertz CT molecular complexity index is 1290. The van der Waals surface area contributed by atoms with Gasteiger partial charge in [-0.25, -0.2) is 4.39 Å². The van der Waals surface area contributed by atoms with E-state index in [0.29, 0.717) is 27.0 Å². The number of carbonyl (C=O) groups is 2. The normalized spacial score (nSPS) is 20.3. The van der Waals surface area contributed by atoms with E-state index in [9.17, 15) is 14.0 Å². The zero-order valence-electron chi connectivity index (χ0n) is 18.1. The molecule has 2 N–H and O–H groups in total. The van der Waals surface area contributed by atoms with Crippen LogP contribution in [0.25, 0.3) is 0 Å². The number of amides is 1. The first-order chi connectivity index (χ1) is 16.5. The van der Waals surface area contributed by atoms with Crippen molar-refractivity contribution in [1.82, 2.24) is 0 Å². The van der Waals surface area contributed by atoms with Crippen LogP contribution in [0.2, 0.25) is 15.1 Å². The maximum atomic E-state index is 13.1. The van der Waals surface area contributed by atoms with Gasteiger partial charge in [-0.05, 0) is 66.6 Å². The summed E-state index contributed by atoms with van der Waals surface area (Å²) in [5.74, 6) is -1.42. The molecule has 0 aromatic heterocycles. The topological polar surface area (TPSA) is 58.2 Å². The second-order valence-corrected chi connectivity index (χ2v) is 10.9. The minimum atomic E-state index is -1.37. The zero-order valence-corrected chi connectivity index (χ0v) is 21.9. The van der Waals surface area contributed by atoms with Crippen molar-refractivity contribution in [3.8, 4) is 0 Å². The number of hydrogen-bond donors (Lipinski definition) is 2. The molecule has 1 amide bonds. The third-order valence-electron chi connectivity index (χ3n) is 6.09. The molecule has 1 fully saturated rings. The molecule has 1 saturated carbocycles. The highest BCUT2D eigenvalue weighted by Crippen LogP contribution is 2.73. The lowest BCUT2D eigenvalue weighted by atomic mass is 9.99. The van der Waals surface area contributed by atoms with E-state index in [4.69, 9.17) is 58.0 Å². The van der Waals surface area contributed by atoms with Gasteiger partial charge < -0.3 is 15.4 Å². The number of halogens is 6. The fourth-order valence-electron chi connectivity index (χ4n) is 4.10. The largest absolute Gasteiger partial charge is 0.384 e. The van der Waals surface area contributed by atoms with Crippen molar-refractivity contribution in [1.29, 1.82) is 0 Å². The second kappa shape index (κ2) is 9.79. The van der Waals surface area contributed by atoms with Gasteiger partial charge in [0.05, 0.1) is 26.0 Å². The van der Waals surface area contributed by atoms with Crippen molar-refractivity contribution in [2.45, 2.75) is 17.2 Å². The molecule has 4 nitrogen and oxygen atoms in total. The molecule has 2 atom stereocenters. The molecule has 3 aromatic carbocycles. The maximum absolute atomic E-state index is 13.1. The van der Waals surface area contributed by atoms with Gasteiger partial charge in [0.1, 0.15) is 16.4 Å². The Morgan fingerprint density at radius 2 is 1.66 bits per heavy atom. The summed E-state index contributed by atoms with van der Waals surface area (Å²) in [6.07, 6.45) is 0.737. The van der Waals surface area contributed by atoms with Gasteiger partial charge in [0.25, 0.3) is 5.91 Å². The highest BCUT2D eigenvalue weighted by atomic mass is 35.5. The van der Waals surface area contributed by atoms with E-state index in [1.54, 1.807) is 31.2 Å². The predicted octanol–water partition coefficient (Wildman–Crippen LogP) is 7.92. The van der Waals surface area contributed by atoms with Gasteiger partial charge in [0, 0.05) is 23.8 Å². The second-order valence-electron chi connectivity index (χ2n) is 8.36. The van der Waals surface area contributed by atoms with E-state index in [1.165, 1.54) is 24.3 Å². The third kappa shape index (κ3) is 4.85. The number of anilines is 2. The van der Waals surface area contributed by atoms with E-state index in [0.717, 1.165) is 11.8 Å². The van der Waals surface area contributed by atoms with E-state index < -0.39 is 27.4 Å². The smallest absolute Gasteiger partial charge is 0.257 e. The molecule has 0 radical (unpaired) electrons. The van der Waals surface area contributed by atoms with Crippen LogP contribution in [-0.2, 0) is 4.79 Å². The number of carbonyl (C=O) groups excluding carboxylic acids is 2. The Morgan fingerprint density at radius 1 is 1.00 bits per heavy atom. The molecule has 3 aromatic rings. The summed E-state index contributed by atoms with van der Waals surface area (Å²) in [6, 6.07) is 13.6. The first kappa shape index (κ1) is 26.1. The van der Waals surface area contributed by atoms with Gasteiger partial charge in [-0.3, -0.25) is 4.79 Å². The van der Waals surface area contributed by atoms with Crippen molar-refractivity contribution in [2.24, 2.45) is 5.41 Å². The van der Waals surface area contributed by atoms with Crippen LogP contribution in [0.15, 0.2) is 54.6 Å². The highest BCUT2D eigenvalue weighted by Gasteiger charge is 2.76. The van der Waals surface area contributed by atoms with E-state index in [1.807, 2.05) is 6.07 Å². The van der Waals surface area contributed by atoms with Gasteiger partial charge in [-0.2, -0.15) is 0 Å². The van der Waals surface area contributed by atoms with Gasteiger partial charge in [0.15, 0.2) is 0 Å². The molecule has 0 spiro atoms. The lowest BCUT2D eigenvalue weighted by molar-refractivity contribution is -0.112. The molecular formula is C25H18Cl5FN2O2. The van der Waals surface area contributed by atoms with Gasteiger partial charge in [-0.1, -0.05) is 64.1 Å². The minimum absolute atomic E-state index is 0.0914. The van der Waals surface area contributed by atoms with Crippen molar-refractivity contribution in [3.63, 3.8) is 0 Å². The van der Waals surface area contributed by atoms with Crippen LogP contribution in [-0.4, -0.2) is 23.1 Å². The number of aldehydes is 1. The molecule has 2 unspecified atom stereocenters. The summed E-state index contributed by atoms with van der Waals surface area (Å²) in [5.41, 5.74) is 1.43. The fourth-order valence-corrected chi connectivity index (χ4v) is 5.66. The Kier molecular flexibility index (Phi) is 7.29. The number of rotatable bonds is 7. The molecule has 35 heavy (non-hydrogen) atoms. The fraction of sp³-hybridized carbons (Fsp3) is 0.200. The van der Waals surface area contributed by atoms with Gasteiger partial charge in [0.2, 0.25) is 0 Å². The number of benzene rings is 3. The highest BCUT2D eigenvalue weighted by molar-refractivity contribution is 6.54. The molecule has 4 rings (SSSR count). The number of hydrogen-bond acceptors (Lipinski definition) is 3. The standard InChI is InChI=1S/C25H18Cl5FN2O2/c1-13-8-14(9-20(27)21(13)28)22-24(12-34,25(22,29)30)11-32-17-6-7-19(26)18(10-17)23(35)33-16-4-2-15(31)3-5-16/h2-10,12,22,32H,11H2,1H3,(H,33,35). The van der Waals surface area contributed by atoms with E-state index in [-0.39, 0.29) is 17.1 Å². The molecule has 0 aliphatic heterocycles. The summed E-state index contributed by atoms with van der Waals surface area (Å²) in [4.78, 5) is 25.0. The third-order valence-corrected chi connectivity index (χ3v) is 8.46. The van der Waals surface area contributed by atoms with E-state index >= 15 is 0 Å². The van der Waals surface area contributed by atoms with Crippen molar-refractivity contribution >= 4 is 81.6 Å². The monoisotopic (exact) mass is 572 g/mol. The molecule has 182 valence electrons. The van der Waals surface area contributed by atoms with Crippen LogP contribution in [0.4, 0.5) is 15.8 Å². The van der Waals surface area contributed by atoms with Gasteiger partial charge >= 0.3 is 0 Å². The lowest BCUT2D eigenvalue weighted by Crippen LogP contribution is -2.23. The Balaban J connectivity index is 1.54. The van der Waals surface area contributed by atoms with Crippen molar-refractivity contribution < 1.29 is 14.0 Å². The Hall–Kier alpha value is -2.02. The SMILES string of the molecule is Cc1cc(C2C(Cl)(Cl)C2(C=O)CNc2ccc(Cl)c(C(=O)Nc3ccc(F)cc3)c2)cc(Cl)c1Cl. The summed E-state index contributed by atoms with van der Waals surface area (Å²) in [6.45, 7) is 1.89. The molecule has 10 heteroatoms. The summed E-state index contributed by atoms with van der Waals surface area (Å²) >= 11 is 31.8. The van der Waals surface area contributed by atoms with Crippen LogP contribution in [0.5, 0.6) is 0 Å². The summed E-state index contributed by atoms with van der Waals surface area (Å²) in [5, 5.41) is 6.80. The molecule has 0 saturated heterocycles. The molecule has 0 bridgehead atoms. The first-order valence-corrected chi connectivity index (χ1v) is 12.3. The number of aryl methyl sites for hydroxylation is 1. The average molecular weight is 575 g/mol.